The third kappa shape index (κ3) is 2.80. The van der Waals surface area contributed by atoms with Crippen LogP contribution < -0.4 is 10.1 Å². The summed E-state index contributed by atoms with van der Waals surface area (Å²) >= 11 is 0. The second kappa shape index (κ2) is 6.69. The Kier molecular flexibility index (Phi) is 4.12. The summed E-state index contributed by atoms with van der Waals surface area (Å²) in [5, 5.41) is 10.7. The molecule has 29 heavy (non-hydrogen) atoms. The number of carbonyl (C=O) groups excluding carboxylic acids is 1. The van der Waals surface area contributed by atoms with Crippen molar-refractivity contribution in [1.82, 2.24) is 19.7 Å². The molecule has 0 bridgehead atoms. The number of carbonyl (C=O) groups is 1. The molecule has 1 saturated heterocycles. The highest BCUT2D eigenvalue weighted by Crippen LogP contribution is 2.44. The summed E-state index contributed by atoms with van der Waals surface area (Å²) in [5.41, 5.74) is 4.74. The van der Waals surface area contributed by atoms with Crippen LogP contribution in [0, 0.1) is 6.92 Å². The lowest BCUT2D eigenvalue weighted by atomic mass is 9.82. The monoisotopic (exact) mass is 391 g/mol. The Morgan fingerprint density at radius 2 is 2.10 bits per heavy atom. The van der Waals surface area contributed by atoms with Crippen LogP contribution in [0.1, 0.15) is 41.5 Å². The number of anilines is 1. The van der Waals surface area contributed by atoms with Gasteiger partial charge in [-0.15, -0.1) is 0 Å². The number of rotatable bonds is 3. The SMILES string of the molecule is CCOc1ccc2c(c1)NC1(CCN(C(=O)c3cn[nH]c3C)CC1)c1cccn1-2. The van der Waals surface area contributed by atoms with E-state index >= 15 is 0 Å². The van der Waals surface area contributed by atoms with Gasteiger partial charge in [-0.3, -0.25) is 9.89 Å². The van der Waals surface area contributed by atoms with Gasteiger partial charge in [-0.1, -0.05) is 0 Å². The molecular weight excluding hydrogens is 366 g/mol. The smallest absolute Gasteiger partial charge is 0.257 e. The highest BCUT2D eigenvalue weighted by Gasteiger charge is 2.42. The Morgan fingerprint density at radius 1 is 1.28 bits per heavy atom. The molecule has 2 aliphatic heterocycles. The van der Waals surface area contributed by atoms with Gasteiger partial charge in [0.15, 0.2) is 0 Å². The van der Waals surface area contributed by atoms with Crippen LogP contribution in [0.4, 0.5) is 5.69 Å². The Balaban J connectivity index is 1.43. The number of hydrogen-bond acceptors (Lipinski definition) is 4. The molecule has 0 atom stereocenters. The molecule has 7 heteroatoms. The Labute approximate surface area is 169 Å². The predicted molar refractivity (Wildman–Crippen MR) is 111 cm³/mol. The van der Waals surface area contributed by atoms with Crippen molar-refractivity contribution < 1.29 is 9.53 Å². The van der Waals surface area contributed by atoms with Crippen molar-refractivity contribution in [3.05, 3.63) is 59.7 Å². The fourth-order valence-electron chi connectivity index (χ4n) is 4.59. The zero-order chi connectivity index (χ0) is 20.0. The van der Waals surface area contributed by atoms with E-state index in [0.717, 1.165) is 35.7 Å². The molecule has 0 unspecified atom stereocenters. The number of hydrogen-bond donors (Lipinski definition) is 2. The lowest BCUT2D eigenvalue weighted by Crippen LogP contribution is -2.51. The number of nitrogens with zero attached hydrogens (tertiary/aromatic N) is 3. The molecule has 1 fully saturated rings. The van der Waals surface area contributed by atoms with Crippen LogP contribution in [-0.2, 0) is 5.54 Å². The number of nitrogens with one attached hydrogen (secondary N) is 2. The van der Waals surface area contributed by atoms with E-state index in [1.54, 1.807) is 6.20 Å². The van der Waals surface area contributed by atoms with E-state index in [9.17, 15) is 4.79 Å². The third-order valence-electron chi connectivity index (χ3n) is 6.12. The average molecular weight is 391 g/mol. The Hall–Kier alpha value is -3.22. The minimum atomic E-state index is -0.191. The zero-order valence-corrected chi connectivity index (χ0v) is 16.7. The maximum absolute atomic E-state index is 12.9. The number of likely N-dealkylation sites (tertiary alicyclic amines) is 1. The number of aromatic amines is 1. The van der Waals surface area contributed by atoms with E-state index < -0.39 is 0 Å². The number of aromatic nitrogens is 3. The minimum absolute atomic E-state index is 0.0522. The highest BCUT2D eigenvalue weighted by atomic mass is 16.5. The predicted octanol–water partition coefficient (Wildman–Crippen LogP) is 3.46. The first kappa shape index (κ1) is 17.8. The van der Waals surface area contributed by atoms with E-state index in [1.165, 1.54) is 5.69 Å². The van der Waals surface area contributed by atoms with E-state index in [-0.39, 0.29) is 11.4 Å². The third-order valence-corrected chi connectivity index (χ3v) is 6.12. The summed E-state index contributed by atoms with van der Waals surface area (Å²) in [7, 11) is 0. The summed E-state index contributed by atoms with van der Waals surface area (Å²) in [6.45, 7) is 5.91. The first-order chi connectivity index (χ1) is 14.1. The molecule has 150 valence electrons. The molecule has 2 aliphatic rings. The fourth-order valence-corrected chi connectivity index (χ4v) is 4.59. The normalized spacial score (nSPS) is 16.8. The fraction of sp³-hybridized carbons (Fsp3) is 0.364. The molecule has 4 heterocycles. The number of fused-ring (bicyclic) bond motifs is 4. The summed E-state index contributed by atoms with van der Waals surface area (Å²) in [6, 6.07) is 10.5. The molecule has 3 aromatic rings. The molecular formula is C22H25N5O2. The van der Waals surface area contributed by atoms with E-state index in [2.05, 4.69) is 50.5 Å². The van der Waals surface area contributed by atoms with Crippen LogP contribution in [0.25, 0.3) is 5.69 Å². The van der Waals surface area contributed by atoms with Crippen LogP contribution in [0.5, 0.6) is 5.75 Å². The molecule has 0 radical (unpaired) electrons. The highest BCUT2D eigenvalue weighted by molar-refractivity contribution is 5.95. The van der Waals surface area contributed by atoms with Gasteiger partial charge in [-0.25, -0.2) is 0 Å². The Bertz CT molecular complexity index is 1060. The molecule has 2 N–H and O–H groups in total. The molecule has 1 aromatic carbocycles. The van der Waals surface area contributed by atoms with Gasteiger partial charge >= 0.3 is 0 Å². The van der Waals surface area contributed by atoms with Gasteiger partial charge < -0.3 is 19.5 Å². The van der Waals surface area contributed by atoms with Gasteiger partial charge in [0.25, 0.3) is 5.91 Å². The maximum Gasteiger partial charge on any atom is 0.257 e. The number of amides is 1. The topological polar surface area (TPSA) is 75.2 Å². The quantitative estimate of drug-likeness (QED) is 0.717. The van der Waals surface area contributed by atoms with Gasteiger partial charge in [-0.05, 0) is 51.0 Å². The van der Waals surface area contributed by atoms with Crippen molar-refractivity contribution in [3.63, 3.8) is 0 Å². The van der Waals surface area contributed by atoms with Crippen LogP contribution in [0.3, 0.4) is 0 Å². The second-order valence-corrected chi connectivity index (χ2v) is 7.78. The van der Waals surface area contributed by atoms with Crippen LogP contribution in [-0.4, -0.2) is 45.3 Å². The van der Waals surface area contributed by atoms with Crippen molar-refractivity contribution in [1.29, 1.82) is 0 Å². The average Bonchev–Trinajstić information content (AvgIpc) is 3.38. The van der Waals surface area contributed by atoms with Crippen LogP contribution in [0.2, 0.25) is 0 Å². The van der Waals surface area contributed by atoms with Gasteiger partial charge in [0.2, 0.25) is 0 Å². The van der Waals surface area contributed by atoms with Gasteiger partial charge in [0, 0.05) is 36.7 Å². The first-order valence-electron chi connectivity index (χ1n) is 10.1. The minimum Gasteiger partial charge on any atom is -0.494 e. The van der Waals surface area contributed by atoms with Gasteiger partial charge in [0.1, 0.15) is 5.75 Å². The van der Waals surface area contributed by atoms with Crippen molar-refractivity contribution in [2.45, 2.75) is 32.2 Å². The molecule has 5 rings (SSSR count). The first-order valence-corrected chi connectivity index (χ1v) is 10.1. The lowest BCUT2D eigenvalue weighted by molar-refractivity contribution is 0.0676. The van der Waals surface area contributed by atoms with Crippen LogP contribution >= 0.6 is 0 Å². The van der Waals surface area contributed by atoms with E-state index in [4.69, 9.17) is 4.74 Å². The van der Waals surface area contributed by atoms with E-state index in [0.29, 0.717) is 25.3 Å². The van der Waals surface area contributed by atoms with Crippen LogP contribution in [0.15, 0.2) is 42.7 Å². The summed E-state index contributed by atoms with van der Waals surface area (Å²) in [4.78, 5) is 14.8. The number of aryl methyl sites for hydroxylation is 1. The zero-order valence-electron chi connectivity index (χ0n) is 16.7. The number of piperidine rings is 1. The van der Waals surface area contributed by atoms with Gasteiger partial charge in [0.05, 0.1) is 35.3 Å². The standard InChI is InChI=1S/C22H25N5O2/c1-3-29-16-6-7-19-18(13-16)24-22(20-5-4-10-27(19)20)8-11-26(12-9-22)21(28)17-14-23-25-15(17)2/h4-7,10,13-14,24H,3,8-9,11-12H2,1-2H3,(H,23,25). The lowest BCUT2D eigenvalue weighted by Gasteiger charge is -2.46. The van der Waals surface area contributed by atoms with Crippen molar-refractivity contribution in [3.8, 4) is 11.4 Å². The molecule has 7 nitrogen and oxygen atoms in total. The second-order valence-electron chi connectivity index (χ2n) is 7.78. The maximum atomic E-state index is 12.9. The number of benzene rings is 1. The van der Waals surface area contributed by atoms with Crippen molar-refractivity contribution in [2.75, 3.05) is 25.0 Å². The summed E-state index contributed by atoms with van der Waals surface area (Å²) in [6.07, 6.45) is 5.43. The Morgan fingerprint density at radius 3 is 2.83 bits per heavy atom. The molecule has 1 spiro atoms. The van der Waals surface area contributed by atoms with Crippen molar-refractivity contribution >= 4 is 11.6 Å². The van der Waals surface area contributed by atoms with Gasteiger partial charge in [-0.2, -0.15) is 5.10 Å². The molecule has 1 amide bonds. The molecule has 0 aliphatic carbocycles. The number of ether oxygens (including phenoxy) is 1. The van der Waals surface area contributed by atoms with E-state index in [1.807, 2.05) is 24.8 Å². The molecule has 2 aromatic heterocycles. The summed E-state index contributed by atoms with van der Waals surface area (Å²) in [5.74, 6) is 0.920. The molecule has 0 saturated carbocycles. The van der Waals surface area contributed by atoms with Crippen molar-refractivity contribution in [2.24, 2.45) is 0 Å². The summed E-state index contributed by atoms with van der Waals surface area (Å²) < 4.78 is 7.97. The number of H-pyrrole nitrogens is 1. The largest absolute Gasteiger partial charge is 0.494 e.